The minimum absolute atomic E-state index is 0.0180. The van der Waals surface area contributed by atoms with Gasteiger partial charge in [0.1, 0.15) is 6.04 Å². The zero-order valence-corrected chi connectivity index (χ0v) is 12.5. The second-order valence-electron chi connectivity index (χ2n) is 4.57. The number of imidazole rings is 1. The van der Waals surface area contributed by atoms with Gasteiger partial charge in [0.05, 0.1) is 12.9 Å². The van der Waals surface area contributed by atoms with Crippen LogP contribution >= 0.6 is 0 Å². The summed E-state index contributed by atoms with van der Waals surface area (Å²) in [5, 5.41) is -0.0180. The van der Waals surface area contributed by atoms with Gasteiger partial charge in [-0.25, -0.2) is 13.4 Å². The highest BCUT2D eigenvalue weighted by Gasteiger charge is 2.41. The van der Waals surface area contributed by atoms with Crippen molar-refractivity contribution in [2.75, 3.05) is 13.2 Å². The van der Waals surface area contributed by atoms with Gasteiger partial charge < -0.3 is 9.30 Å². The molecule has 1 saturated heterocycles. The average molecular weight is 301 g/mol. The number of esters is 1. The molecule has 0 radical (unpaired) electrons. The zero-order chi connectivity index (χ0) is 14.8. The second kappa shape index (κ2) is 5.92. The fraction of sp³-hybridized carbons (Fsp3) is 0.667. The third kappa shape index (κ3) is 2.71. The lowest BCUT2D eigenvalue weighted by Gasteiger charge is -2.21. The smallest absolute Gasteiger partial charge is 0.324 e. The molecule has 1 aromatic heterocycles. The highest BCUT2D eigenvalue weighted by molar-refractivity contribution is 7.89. The van der Waals surface area contributed by atoms with Crippen molar-refractivity contribution < 1.29 is 17.9 Å². The largest absolute Gasteiger partial charge is 0.465 e. The molecule has 1 unspecified atom stereocenters. The number of carbonyl (C=O) groups excluding carboxylic acids is 1. The highest BCUT2D eigenvalue weighted by atomic mass is 32.2. The van der Waals surface area contributed by atoms with E-state index in [9.17, 15) is 13.2 Å². The summed E-state index contributed by atoms with van der Waals surface area (Å²) in [6.45, 7) is 4.81. The third-order valence-electron chi connectivity index (χ3n) is 3.31. The first-order chi connectivity index (χ1) is 9.50. The summed E-state index contributed by atoms with van der Waals surface area (Å²) in [6.07, 6.45) is 4.10. The van der Waals surface area contributed by atoms with Crippen molar-refractivity contribution in [2.24, 2.45) is 0 Å². The van der Waals surface area contributed by atoms with Gasteiger partial charge in [-0.2, -0.15) is 4.31 Å². The van der Waals surface area contributed by atoms with Crippen molar-refractivity contribution in [2.45, 2.75) is 44.3 Å². The first-order valence-corrected chi connectivity index (χ1v) is 8.15. The SMILES string of the molecule is CCOC(=O)C1CCCN1S(=O)(=O)c1cn(CC)cn1. The van der Waals surface area contributed by atoms with Crippen molar-refractivity contribution >= 4 is 16.0 Å². The molecule has 112 valence electrons. The van der Waals surface area contributed by atoms with Gasteiger partial charge in [0.2, 0.25) is 0 Å². The van der Waals surface area contributed by atoms with E-state index in [4.69, 9.17) is 4.74 Å². The number of aryl methyl sites for hydroxylation is 1. The van der Waals surface area contributed by atoms with Gasteiger partial charge in [-0.1, -0.05) is 0 Å². The number of nitrogens with zero attached hydrogens (tertiary/aromatic N) is 3. The fourth-order valence-corrected chi connectivity index (χ4v) is 3.85. The number of sulfonamides is 1. The first kappa shape index (κ1) is 15.0. The van der Waals surface area contributed by atoms with E-state index in [1.807, 2.05) is 6.92 Å². The summed E-state index contributed by atoms with van der Waals surface area (Å²) in [5.41, 5.74) is 0. The van der Waals surface area contributed by atoms with E-state index < -0.39 is 22.0 Å². The predicted octanol–water partition coefficient (Wildman–Crippen LogP) is 0.619. The summed E-state index contributed by atoms with van der Waals surface area (Å²) < 4.78 is 32.9. The van der Waals surface area contributed by atoms with Gasteiger partial charge in [0.15, 0.2) is 5.03 Å². The maximum atomic E-state index is 12.5. The fourth-order valence-electron chi connectivity index (χ4n) is 2.27. The van der Waals surface area contributed by atoms with Crippen LogP contribution in [0, 0.1) is 0 Å². The monoisotopic (exact) mass is 301 g/mol. The standard InChI is InChI=1S/C12H19N3O4S/c1-3-14-8-11(13-9-14)20(17,18)15-7-5-6-10(15)12(16)19-4-2/h8-10H,3-7H2,1-2H3. The van der Waals surface area contributed by atoms with Crippen LogP contribution in [0.1, 0.15) is 26.7 Å². The lowest BCUT2D eigenvalue weighted by molar-refractivity contribution is -0.146. The van der Waals surface area contributed by atoms with Crippen LogP contribution in [0.5, 0.6) is 0 Å². The molecule has 0 aliphatic carbocycles. The average Bonchev–Trinajstić information content (AvgIpc) is 3.08. The summed E-state index contributed by atoms with van der Waals surface area (Å²) >= 11 is 0. The summed E-state index contributed by atoms with van der Waals surface area (Å²) in [6, 6.07) is -0.730. The number of hydrogen-bond acceptors (Lipinski definition) is 5. The van der Waals surface area contributed by atoms with Crippen molar-refractivity contribution in [3.8, 4) is 0 Å². The molecular weight excluding hydrogens is 282 g/mol. The van der Waals surface area contributed by atoms with Crippen LogP contribution in [0.15, 0.2) is 17.6 Å². The van der Waals surface area contributed by atoms with Crippen molar-refractivity contribution in [1.29, 1.82) is 0 Å². The molecule has 1 aliphatic heterocycles. The molecule has 2 heterocycles. The second-order valence-corrected chi connectivity index (χ2v) is 6.41. The van der Waals surface area contributed by atoms with Crippen molar-refractivity contribution in [3.05, 3.63) is 12.5 Å². The van der Waals surface area contributed by atoms with E-state index >= 15 is 0 Å². The van der Waals surface area contributed by atoms with Gasteiger partial charge in [0.25, 0.3) is 10.0 Å². The normalized spacial score (nSPS) is 20.2. The number of carbonyl (C=O) groups is 1. The molecule has 2 rings (SSSR count). The number of rotatable bonds is 5. The first-order valence-electron chi connectivity index (χ1n) is 6.71. The van der Waals surface area contributed by atoms with E-state index in [0.29, 0.717) is 25.9 Å². The van der Waals surface area contributed by atoms with Crippen LogP contribution in [0.2, 0.25) is 0 Å². The highest BCUT2D eigenvalue weighted by Crippen LogP contribution is 2.26. The molecular formula is C12H19N3O4S. The minimum Gasteiger partial charge on any atom is -0.465 e. The maximum Gasteiger partial charge on any atom is 0.324 e. The predicted molar refractivity (Wildman–Crippen MR) is 71.4 cm³/mol. The Kier molecular flexibility index (Phi) is 4.44. The van der Waals surface area contributed by atoms with E-state index in [1.54, 1.807) is 11.5 Å². The van der Waals surface area contributed by atoms with Gasteiger partial charge >= 0.3 is 5.97 Å². The van der Waals surface area contributed by atoms with E-state index in [2.05, 4.69) is 4.98 Å². The van der Waals surface area contributed by atoms with Gasteiger partial charge in [-0.3, -0.25) is 4.79 Å². The van der Waals surface area contributed by atoms with Crippen molar-refractivity contribution in [1.82, 2.24) is 13.9 Å². The van der Waals surface area contributed by atoms with E-state index in [0.717, 1.165) is 0 Å². The summed E-state index contributed by atoms with van der Waals surface area (Å²) in [7, 11) is -3.74. The van der Waals surface area contributed by atoms with Crippen LogP contribution in [-0.2, 0) is 26.1 Å². The molecule has 1 aliphatic rings. The van der Waals surface area contributed by atoms with E-state index in [-0.39, 0.29) is 11.6 Å². The number of aromatic nitrogens is 2. The molecule has 0 amide bonds. The van der Waals surface area contributed by atoms with Gasteiger partial charge in [-0.15, -0.1) is 0 Å². The van der Waals surface area contributed by atoms with Crippen LogP contribution in [0.25, 0.3) is 0 Å². The zero-order valence-electron chi connectivity index (χ0n) is 11.7. The topological polar surface area (TPSA) is 81.5 Å². The molecule has 1 fully saturated rings. The quantitative estimate of drug-likeness (QED) is 0.745. The van der Waals surface area contributed by atoms with Gasteiger partial charge in [-0.05, 0) is 26.7 Å². The Labute approximate surface area is 118 Å². The molecule has 7 nitrogen and oxygen atoms in total. The van der Waals surface area contributed by atoms with E-state index in [1.165, 1.54) is 16.8 Å². The summed E-state index contributed by atoms with van der Waals surface area (Å²) in [5.74, 6) is -0.483. The van der Waals surface area contributed by atoms with Crippen molar-refractivity contribution in [3.63, 3.8) is 0 Å². The molecule has 0 spiro atoms. The molecule has 20 heavy (non-hydrogen) atoms. The lowest BCUT2D eigenvalue weighted by Crippen LogP contribution is -2.41. The van der Waals surface area contributed by atoms with Crippen LogP contribution < -0.4 is 0 Å². The Balaban J connectivity index is 2.26. The maximum absolute atomic E-state index is 12.5. The Morgan fingerprint density at radius 1 is 1.50 bits per heavy atom. The number of ether oxygens (including phenoxy) is 1. The Bertz CT molecular complexity index is 581. The van der Waals surface area contributed by atoms with Crippen LogP contribution in [0.4, 0.5) is 0 Å². The molecule has 0 aromatic carbocycles. The molecule has 8 heteroatoms. The van der Waals surface area contributed by atoms with Crippen LogP contribution in [0.3, 0.4) is 0 Å². The third-order valence-corrected chi connectivity index (χ3v) is 5.10. The Morgan fingerprint density at radius 3 is 2.85 bits per heavy atom. The summed E-state index contributed by atoms with van der Waals surface area (Å²) in [4.78, 5) is 15.8. The molecule has 0 N–H and O–H groups in total. The van der Waals surface area contributed by atoms with Gasteiger partial charge in [0, 0.05) is 19.3 Å². The van der Waals surface area contributed by atoms with Crippen LogP contribution in [-0.4, -0.2) is 47.4 Å². The Morgan fingerprint density at radius 2 is 2.25 bits per heavy atom. The lowest BCUT2D eigenvalue weighted by atomic mass is 10.2. The molecule has 1 atom stereocenters. The number of hydrogen-bond donors (Lipinski definition) is 0. The molecule has 0 saturated carbocycles. The Hall–Kier alpha value is -1.41. The molecule has 1 aromatic rings. The molecule has 0 bridgehead atoms. The minimum atomic E-state index is -3.74.